The van der Waals surface area contributed by atoms with Crippen LogP contribution in [0.5, 0.6) is 0 Å². The number of halogens is 2. The van der Waals surface area contributed by atoms with Gasteiger partial charge in [-0.3, -0.25) is 9.59 Å². The van der Waals surface area contributed by atoms with Crippen molar-refractivity contribution in [2.75, 3.05) is 0 Å². The molecule has 3 nitrogen and oxygen atoms in total. The van der Waals surface area contributed by atoms with Gasteiger partial charge >= 0.3 is 0 Å². The summed E-state index contributed by atoms with van der Waals surface area (Å²) in [6, 6.07) is 3.54. The molecule has 1 amide bonds. The van der Waals surface area contributed by atoms with Crippen LogP contribution in [-0.4, -0.2) is 11.7 Å². The summed E-state index contributed by atoms with van der Waals surface area (Å²) in [4.78, 5) is 23.4. The molecule has 0 fully saturated rings. The lowest BCUT2D eigenvalue weighted by Crippen LogP contribution is -2.26. The number of benzene rings is 1. The number of nitrogens with one attached hydrogen (secondary N) is 1. The fourth-order valence-corrected chi connectivity index (χ4v) is 2.50. The number of rotatable bonds is 12. The van der Waals surface area contributed by atoms with Crippen molar-refractivity contribution in [3.63, 3.8) is 0 Å². The fraction of sp³-hybridized carbons (Fsp3) is 0.579. The van der Waals surface area contributed by atoms with Crippen LogP contribution in [0, 0.1) is 11.6 Å². The zero-order chi connectivity index (χ0) is 17.8. The van der Waals surface area contributed by atoms with E-state index in [4.69, 9.17) is 0 Å². The quantitative estimate of drug-likeness (QED) is 0.444. The highest BCUT2D eigenvalue weighted by atomic mass is 19.1. The number of carbonyl (C=O) groups excluding carboxylic acids is 2. The van der Waals surface area contributed by atoms with Crippen LogP contribution in [0.1, 0.15) is 70.3 Å². The molecule has 5 heteroatoms. The second kappa shape index (κ2) is 11.7. The molecule has 0 radical (unpaired) electrons. The van der Waals surface area contributed by atoms with Gasteiger partial charge in [0.05, 0.1) is 6.42 Å². The summed E-state index contributed by atoms with van der Waals surface area (Å²) in [5.41, 5.74) is -0.189. The zero-order valence-electron chi connectivity index (χ0n) is 14.4. The molecule has 24 heavy (non-hydrogen) atoms. The lowest BCUT2D eigenvalue weighted by atomic mass is 10.1. The Kier molecular flexibility index (Phi) is 9.89. The fourth-order valence-electron chi connectivity index (χ4n) is 2.50. The Bertz CT molecular complexity index is 512. The molecule has 1 aromatic rings. The van der Waals surface area contributed by atoms with Crippen LogP contribution in [0.2, 0.25) is 0 Å². The van der Waals surface area contributed by atoms with Crippen molar-refractivity contribution >= 4 is 11.7 Å². The molecule has 0 aromatic heterocycles. The van der Waals surface area contributed by atoms with Crippen LogP contribution in [0.15, 0.2) is 18.2 Å². The first kappa shape index (κ1) is 20.3. The third-order valence-corrected chi connectivity index (χ3v) is 3.94. The first-order chi connectivity index (χ1) is 11.5. The molecule has 1 N–H and O–H groups in total. The summed E-state index contributed by atoms with van der Waals surface area (Å²) >= 11 is 0. The molecule has 0 heterocycles. The topological polar surface area (TPSA) is 46.2 Å². The van der Waals surface area contributed by atoms with Crippen molar-refractivity contribution in [2.45, 2.75) is 71.3 Å². The molecule has 0 unspecified atom stereocenters. The second-order valence-electron chi connectivity index (χ2n) is 6.06. The highest BCUT2D eigenvalue weighted by Crippen LogP contribution is 2.12. The van der Waals surface area contributed by atoms with Crippen molar-refractivity contribution in [1.82, 2.24) is 5.32 Å². The number of unbranched alkanes of at least 4 members (excludes halogenated alkanes) is 6. The zero-order valence-corrected chi connectivity index (χ0v) is 14.4. The van der Waals surface area contributed by atoms with Gasteiger partial charge in [0.15, 0.2) is 0 Å². The molecule has 0 bridgehead atoms. The molecule has 0 atom stereocenters. The van der Waals surface area contributed by atoms with Crippen molar-refractivity contribution in [3.05, 3.63) is 35.4 Å². The standard InChI is InChI=1S/C19H27F2NO2/c1-2-3-4-5-6-7-8-10-15(23)13-19(24)22-14-16-17(20)11-9-12-18(16)21/h9,11-12H,2-8,10,13-14H2,1H3,(H,22,24). The van der Waals surface area contributed by atoms with Crippen molar-refractivity contribution in [1.29, 1.82) is 0 Å². The smallest absolute Gasteiger partial charge is 0.227 e. The van der Waals surface area contributed by atoms with E-state index < -0.39 is 17.5 Å². The number of amides is 1. The largest absolute Gasteiger partial charge is 0.351 e. The van der Waals surface area contributed by atoms with Crippen LogP contribution in [0.25, 0.3) is 0 Å². The molecule has 0 spiro atoms. The molecule has 1 rings (SSSR count). The molecule has 134 valence electrons. The monoisotopic (exact) mass is 339 g/mol. The summed E-state index contributed by atoms with van der Waals surface area (Å²) in [6.45, 7) is 1.92. The Morgan fingerprint density at radius 3 is 2.17 bits per heavy atom. The highest BCUT2D eigenvalue weighted by Gasteiger charge is 2.12. The maximum atomic E-state index is 13.4. The van der Waals surface area contributed by atoms with E-state index in [0.29, 0.717) is 6.42 Å². The summed E-state index contributed by atoms with van der Waals surface area (Å²) in [6.07, 6.45) is 7.95. The Balaban J connectivity index is 2.17. The molecule has 0 aliphatic heterocycles. The minimum atomic E-state index is -0.704. The van der Waals surface area contributed by atoms with Crippen LogP contribution < -0.4 is 5.32 Å². The van der Waals surface area contributed by atoms with Gasteiger partial charge in [0.1, 0.15) is 17.4 Å². The van der Waals surface area contributed by atoms with E-state index in [1.54, 1.807) is 0 Å². The van der Waals surface area contributed by atoms with Gasteiger partial charge in [0, 0.05) is 18.5 Å². The maximum absolute atomic E-state index is 13.4. The minimum absolute atomic E-state index is 0.130. The molecule has 0 aliphatic rings. The predicted molar refractivity (Wildman–Crippen MR) is 90.4 cm³/mol. The molecule has 1 aromatic carbocycles. The number of Topliss-reactive ketones (excluding diaryl/α,β-unsaturated/α-hetero) is 1. The van der Waals surface area contributed by atoms with Crippen molar-refractivity contribution < 1.29 is 18.4 Å². The van der Waals surface area contributed by atoms with E-state index in [-0.39, 0.29) is 24.3 Å². The van der Waals surface area contributed by atoms with E-state index in [2.05, 4.69) is 12.2 Å². The number of hydrogen-bond donors (Lipinski definition) is 1. The molecular weight excluding hydrogens is 312 g/mol. The maximum Gasteiger partial charge on any atom is 0.227 e. The molecule has 0 saturated heterocycles. The Hall–Kier alpha value is -1.78. The van der Waals surface area contributed by atoms with Gasteiger partial charge in [-0.2, -0.15) is 0 Å². The van der Waals surface area contributed by atoms with Gasteiger partial charge in [-0.15, -0.1) is 0 Å². The van der Waals surface area contributed by atoms with Crippen LogP contribution in [0.3, 0.4) is 0 Å². The number of ketones is 1. The first-order valence-electron chi connectivity index (χ1n) is 8.76. The van der Waals surface area contributed by atoms with Crippen LogP contribution >= 0.6 is 0 Å². The van der Waals surface area contributed by atoms with E-state index in [0.717, 1.165) is 31.4 Å². The Labute approximate surface area is 142 Å². The summed E-state index contributed by atoms with van der Waals surface area (Å²) in [5, 5.41) is 2.40. The summed E-state index contributed by atoms with van der Waals surface area (Å²) < 4.78 is 26.8. The highest BCUT2D eigenvalue weighted by molar-refractivity contribution is 5.97. The van der Waals surface area contributed by atoms with E-state index >= 15 is 0 Å². The third-order valence-electron chi connectivity index (χ3n) is 3.94. The number of hydrogen-bond acceptors (Lipinski definition) is 2. The second-order valence-corrected chi connectivity index (χ2v) is 6.06. The van der Waals surface area contributed by atoms with Gasteiger partial charge in [0.25, 0.3) is 0 Å². The average molecular weight is 339 g/mol. The SMILES string of the molecule is CCCCCCCCCC(=O)CC(=O)NCc1c(F)cccc1F. The van der Waals surface area contributed by atoms with Gasteiger partial charge in [-0.05, 0) is 18.6 Å². The first-order valence-corrected chi connectivity index (χ1v) is 8.76. The van der Waals surface area contributed by atoms with Gasteiger partial charge < -0.3 is 5.32 Å². The average Bonchev–Trinajstić information content (AvgIpc) is 2.53. The van der Waals surface area contributed by atoms with Gasteiger partial charge in [-0.25, -0.2) is 8.78 Å². The van der Waals surface area contributed by atoms with E-state index in [9.17, 15) is 18.4 Å². The van der Waals surface area contributed by atoms with Crippen molar-refractivity contribution in [2.24, 2.45) is 0 Å². The van der Waals surface area contributed by atoms with Crippen LogP contribution in [0.4, 0.5) is 8.78 Å². The Morgan fingerprint density at radius 1 is 0.958 bits per heavy atom. The lowest BCUT2D eigenvalue weighted by molar-refractivity contribution is -0.128. The van der Waals surface area contributed by atoms with Crippen LogP contribution in [-0.2, 0) is 16.1 Å². The molecular formula is C19H27F2NO2. The molecule has 0 saturated carbocycles. The van der Waals surface area contributed by atoms with Crippen molar-refractivity contribution in [3.8, 4) is 0 Å². The normalized spacial score (nSPS) is 10.6. The summed E-state index contributed by atoms with van der Waals surface area (Å²) in [5.74, 6) is -2.03. The lowest BCUT2D eigenvalue weighted by Gasteiger charge is -2.07. The minimum Gasteiger partial charge on any atom is -0.351 e. The van der Waals surface area contributed by atoms with Gasteiger partial charge in [-0.1, -0.05) is 51.5 Å². The number of carbonyl (C=O) groups is 2. The van der Waals surface area contributed by atoms with E-state index in [1.165, 1.54) is 31.7 Å². The summed E-state index contributed by atoms with van der Waals surface area (Å²) in [7, 11) is 0. The van der Waals surface area contributed by atoms with E-state index in [1.807, 2.05) is 0 Å². The predicted octanol–water partition coefficient (Wildman–Crippen LogP) is 4.68. The third kappa shape index (κ3) is 8.18. The van der Waals surface area contributed by atoms with Gasteiger partial charge in [0.2, 0.25) is 5.91 Å². The molecule has 0 aliphatic carbocycles. The Morgan fingerprint density at radius 2 is 1.54 bits per heavy atom.